The molecule has 2 aliphatic rings. The zero-order chi connectivity index (χ0) is 15.3. The summed E-state index contributed by atoms with van der Waals surface area (Å²) in [6.07, 6.45) is 2.42. The summed E-state index contributed by atoms with van der Waals surface area (Å²) in [5.41, 5.74) is 1.61. The van der Waals surface area contributed by atoms with E-state index in [9.17, 15) is 4.79 Å². The molecule has 2 fully saturated rings. The summed E-state index contributed by atoms with van der Waals surface area (Å²) in [7, 11) is 1.78. The number of nitrogens with zero attached hydrogens (tertiary/aromatic N) is 3. The number of amides is 1. The maximum Gasteiger partial charge on any atom is 0.410 e. The van der Waals surface area contributed by atoms with Crippen LogP contribution in [0.3, 0.4) is 0 Å². The zero-order valence-electron chi connectivity index (χ0n) is 12.3. The molecule has 0 radical (unpaired) electrons. The van der Waals surface area contributed by atoms with E-state index in [4.69, 9.17) is 16.3 Å². The summed E-state index contributed by atoms with van der Waals surface area (Å²) in [6, 6.07) is 7.76. The van der Waals surface area contributed by atoms with Gasteiger partial charge in [0.1, 0.15) is 0 Å². The Labute approximate surface area is 133 Å². The van der Waals surface area contributed by atoms with Crippen molar-refractivity contribution < 1.29 is 9.53 Å². The van der Waals surface area contributed by atoms with Crippen LogP contribution in [0.25, 0.3) is 10.9 Å². The summed E-state index contributed by atoms with van der Waals surface area (Å²) in [4.78, 5) is 20.0. The van der Waals surface area contributed by atoms with E-state index in [1.807, 2.05) is 24.3 Å². The lowest BCUT2D eigenvalue weighted by Gasteiger charge is -2.24. The topological polar surface area (TPSA) is 45.7 Å². The van der Waals surface area contributed by atoms with E-state index in [0.29, 0.717) is 18.1 Å². The van der Waals surface area contributed by atoms with E-state index in [1.54, 1.807) is 18.1 Å². The maximum absolute atomic E-state index is 11.7. The van der Waals surface area contributed by atoms with Gasteiger partial charge in [-0.2, -0.15) is 0 Å². The quantitative estimate of drug-likeness (QED) is 0.811. The highest BCUT2D eigenvalue weighted by Crippen LogP contribution is 2.36. The van der Waals surface area contributed by atoms with Crippen LogP contribution in [0.4, 0.5) is 10.5 Å². The second-order valence-corrected chi connectivity index (χ2v) is 6.51. The van der Waals surface area contributed by atoms with Gasteiger partial charge in [-0.25, -0.2) is 4.79 Å². The van der Waals surface area contributed by atoms with Gasteiger partial charge in [0.25, 0.3) is 0 Å². The minimum atomic E-state index is -0.381. The van der Waals surface area contributed by atoms with E-state index >= 15 is 0 Å². The van der Waals surface area contributed by atoms with Crippen molar-refractivity contribution in [2.45, 2.75) is 12.0 Å². The molecule has 114 valence electrons. The Morgan fingerprint density at radius 3 is 2.95 bits per heavy atom. The molecule has 5 nitrogen and oxygen atoms in total. The van der Waals surface area contributed by atoms with Crippen LogP contribution in [0.1, 0.15) is 6.42 Å². The summed E-state index contributed by atoms with van der Waals surface area (Å²) < 4.78 is 5.61. The number of hydrogen-bond acceptors (Lipinski definition) is 4. The average molecular weight is 318 g/mol. The molecule has 2 aliphatic heterocycles. The molecule has 6 heteroatoms. The molecule has 2 saturated heterocycles. The number of hydrogen-bond donors (Lipinski definition) is 0. The monoisotopic (exact) mass is 317 g/mol. The third-order valence-electron chi connectivity index (χ3n) is 4.48. The minimum Gasteiger partial charge on any atom is -0.439 e. The first kappa shape index (κ1) is 13.6. The fraction of sp³-hybridized carbons (Fsp3) is 0.375. The number of rotatable bonds is 1. The van der Waals surface area contributed by atoms with Crippen LogP contribution >= 0.6 is 11.6 Å². The smallest absolute Gasteiger partial charge is 0.410 e. The molecule has 22 heavy (non-hydrogen) atoms. The number of benzene rings is 1. The third kappa shape index (κ3) is 2.08. The van der Waals surface area contributed by atoms with Crippen LogP contribution < -0.4 is 4.90 Å². The molecular weight excluding hydrogens is 302 g/mol. The van der Waals surface area contributed by atoms with E-state index < -0.39 is 0 Å². The molecule has 3 heterocycles. The van der Waals surface area contributed by atoms with E-state index in [2.05, 4.69) is 9.88 Å². The fourth-order valence-electron chi connectivity index (χ4n) is 3.44. The first-order valence-corrected chi connectivity index (χ1v) is 7.67. The lowest BCUT2D eigenvalue weighted by Crippen LogP contribution is -2.37. The molecule has 0 saturated carbocycles. The molecule has 4 rings (SSSR count). The minimum absolute atomic E-state index is 0.229. The Morgan fingerprint density at radius 1 is 1.32 bits per heavy atom. The number of halogens is 1. The maximum atomic E-state index is 11.7. The molecule has 0 bridgehead atoms. The number of ether oxygens (including phenoxy) is 1. The molecule has 1 aromatic heterocycles. The predicted octanol–water partition coefficient (Wildman–Crippen LogP) is 2.92. The van der Waals surface area contributed by atoms with Crippen LogP contribution in [0.15, 0.2) is 30.5 Å². The fourth-order valence-corrected chi connectivity index (χ4v) is 3.60. The van der Waals surface area contributed by atoms with Crippen molar-refractivity contribution in [3.63, 3.8) is 0 Å². The number of carbonyl (C=O) groups is 1. The number of fused-ring (bicyclic) bond motifs is 1. The Hall–Kier alpha value is -2.01. The van der Waals surface area contributed by atoms with Crippen LogP contribution in [-0.4, -0.2) is 48.3 Å². The largest absolute Gasteiger partial charge is 0.439 e. The van der Waals surface area contributed by atoms with Gasteiger partial charge >= 0.3 is 6.09 Å². The van der Waals surface area contributed by atoms with Gasteiger partial charge in [0.2, 0.25) is 0 Å². The Kier molecular flexibility index (Phi) is 2.94. The van der Waals surface area contributed by atoms with Gasteiger partial charge in [-0.15, -0.1) is 0 Å². The second-order valence-electron chi connectivity index (χ2n) is 6.07. The predicted molar refractivity (Wildman–Crippen MR) is 85.4 cm³/mol. The third-order valence-corrected chi connectivity index (χ3v) is 4.71. The molecule has 0 aliphatic carbocycles. The first-order chi connectivity index (χ1) is 10.6. The Balaban J connectivity index is 1.68. The van der Waals surface area contributed by atoms with Crippen LogP contribution in [-0.2, 0) is 4.74 Å². The number of carbonyl (C=O) groups excluding carboxylic acids is 1. The molecule has 1 atom stereocenters. The number of anilines is 1. The van der Waals surface area contributed by atoms with Crippen LogP contribution in [0.5, 0.6) is 0 Å². The van der Waals surface area contributed by atoms with Crippen molar-refractivity contribution in [3.05, 3.63) is 35.5 Å². The van der Waals surface area contributed by atoms with Gasteiger partial charge in [0.05, 0.1) is 18.6 Å². The summed E-state index contributed by atoms with van der Waals surface area (Å²) >= 11 is 6.04. The van der Waals surface area contributed by atoms with Crippen molar-refractivity contribution >= 4 is 34.3 Å². The second kappa shape index (κ2) is 4.74. The normalized spacial score (nSPS) is 24.5. The Bertz CT molecular complexity index is 766. The molecule has 1 aromatic carbocycles. The lowest BCUT2D eigenvalue weighted by atomic mass is 10.0. The van der Waals surface area contributed by atoms with E-state index in [-0.39, 0.29) is 11.7 Å². The standard InChI is InChI=1S/C16H16ClN3O2/c1-19-9-16(22-15(19)21)5-7-20(10-16)14-4-6-18-13-8-11(17)2-3-12(13)14/h2-4,6,8H,5,7,9-10H2,1H3. The van der Waals surface area contributed by atoms with Gasteiger partial charge < -0.3 is 14.5 Å². The van der Waals surface area contributed by atoms with Crippen LogP contribution in [0.2, 0.25) is 5.02 Å². The number of aromatic nitrogens is 1. The Morgan fingerprint density at radius 2 is 2.18 bits per heavy atom. The SMILES string of the molecule is CN1CC2(CCN(c3ccnc4cc(Cl)ccc34)C2)OC1=O. The highest BCUT2D eigenvalue weighted by molar-refractivity contribution is 6.31. The summed E-state index contributed by atoms with van der Waals surface area (Å²) in [5.74, 6) is 0. The van der Waals surface area contributed by atoms with Gasteiger partial charge in [-0.05, 0) is 24.3 Å². The molecule has 1 unspecified atom stereocenters. The average Bonchev–Trinajstić information content (AvgIpc) is 3.01. The molecule has 0 N–H and O–H groups in total. The number of likely N-dealkylation sites (N-methyl/N-ethyl adjacent to an activating group) is 1. The summed E-state index contributed by atoms with van der Waals surface area (Å²) in [6.45, 7) is 2.23. The highest BCUT2D eigenvalue weighted by Gasteiger charge is 2.48. The summed E-state index contributed by atoms with van der Waals surface area (Å²) in [5, 5.41) is 1.75. The zero-order valence-corrected chi connectivity index (χ0v) is 13.0. The van der Waals surface area contributed by atoms with Crippen LogP contribution in [0, 0.1) is 0 Å². The van der Waals surface area contributed by atoms with Gasteiger partial charge in [-0.1, -0.05) is 11.6 Å². The van der Waals surface area contributed by atoms with E-state index in [0.717, 1.165) is 29.6 Å². The van der Waals surface area contributed by atoms with Gasteiger partial charge in [0, 0.05) is 42.3 Å². The first-order valence-electron chi connectivity index (χ1n) is 7.30. The van der Waals surface area contributed by atoms with E-state index in [1.165, 1.54) is 0 Å². The number of pyridine rings is 1. The molecule has 1 amide bonds. The van der Waals surface area contributed by atoms with Crippen molar-refractivity contribution in [3.8, 4) is 0 Å². The van der Waals surface area contributed by atoms with Crippen molar-refractivity contribution in [2.75, 3.05) is 31.6 Å². The van der Waals surface area contributed by atoms with Gasteiger partial charge in [-0.3, -0.25) is 4.98 Å². The van der Waals surface area contributed by atoms with Crippen molar-refractivity contribution in [1.82, 2.24) is 9.88 Å². The molecule has 1 spiro atoms. The molecular formula is C16H16ClN3O2. The van der Waals surface area contributed by atoms with Gasteiger partial charge in [0.15, 0.2) is 5.60 Å². The molecule has 2 aromatic rings. The van der Waals surface area contributed by atoms with Crippen molar-refractivity contribution in [2.24, 2.45) is 0 Å². The van der Waals surface area contributed by atoms with Crippen molar-refractivity contribution in [1.29, 1.82) is 0 Å². The highest BCUT2D eigenvalue weighted by atomic mass is 35.5. The lowest BCUT2D eigenvalue weighted by molar-refractivity contribution is 0.0742.